The van der Waals surface area contributed by atoms with Gasteiger partial charge in [0.15, 0.2) is 0 Å². The standard InChI is InChI=1S/C19H22N6O3/c1-11-5-6-15(17-24-23-14(4)28-17)10-16(11)22-18(26)20-7-8-25-13(3)9-12(2)21-19(25)27/h5-6,9-10H,7-8H2,1-4H3,(H2,20,22,26). The Kier molecular flexibility index (Phi) is 5.53. The van der Waals surface area contributed by atoms with Gasteiger partial charge in [0.2, 0.25) is 11.8 Å². The Hall–Kier alpha value is -3.49. The molecule has 9 nitrogen and oxygen atoms in total. The minimum Gasteiger partial charge on any atom is -0.421 e. The molecule has 2 heterocycles. The van der Waals surface area contributed by atoms with E-state index in [4.69, 9.17) is 4.42 Å². The van der Waals surface area contributed by atoms with Crippen molar-refractivity contribution in [3.8, 4) is 11.5 Å². The highest BCUT2D eigenvalue weighted by Gasteiger charge is 2.11. The predicted octanol–water partition coefficient (Wildman–Crippen LogP) is 2.35. The molecule has 0 saturated carbocycles. The first kappa shape index (κ1) is 19.3. The quantitative estimate of drug-likeness (QED) is 0.700. The summed E-state index contributed by atoms with van der Waals surface area (Å²) in [7, 11) is 0. The van der Waals surface area contributed by atoms with Gasteiger partial charge in [-0.2, -0.15) is 4.98 Å². The number of anilines is 1. The molecule has 1 aromatic carbocycles. The number of hydrogen-bond acceptors (Lipinski definition) is 6. The fourth-order valence-corrected chi connectivity index (χ4v) is 2.80. The summed E-state index contributed by atoms with van der Waals surface area (Å²) in [6, 6.07) is 6.96. The molecule has 0 atom stereocenters. The second kappa shape index (κ2) is 8.03. The Morgan fingerprint density at radius 2 is 1.93 bits per heavy atom. The normalized spacial score (nSPS) is 10.7. The van der Waals surface area contributed by atoms with E-state index in [2.05, 4.69) is 25.8 Å². The second-order valence-electron chi connectivity index (χ2n) is 6.51. The molecule has 2 N–H and O–H groups in total. The minimum absolute atomic E-state index is 0.291. The maximum absolute atomic E-state index is 12.3. The van der Waals surface area contributed by atoms with Gasteiger partial charge in [0.05, 0.1) is 0 Å². The number of carbonyl (C=O) groups excluding carboxylic acids is 1. The Morgan fingerprint density at radius 3 is 2.61 bits per heavy atom. The number of aryl methyl sites for hydroxylation is 4. The first-order chi connectivity index (χ1) is 13.3. The average Bonchev–Trinajstić information content (AvgIpc) is 3.05. The topological polar surface area (TPSA) is 115 Å². The van der Waals surface area contributed by atoms with Crippen molar-refractivity contribution in [2.45, 2.75) is 34.2 Å². The molecule has 2 amide bonds. The van der Waals surface area contributed by atoms with Crippen molar-refractivity contribution in [3.05, 3.63) is 57.6 Å². The van der Waals surface area contributed by atoms with Crippen molar-refractivity contribution < 1.29 is 9.21 Å². The van der Waals surface area contributed by atoms with Crippen LogP contribution in [0.3, 0.4) is 0 Å². The van der Waals surface area contributed by atoms with Crippen LogP contribution in [0.1, 0.15) is 22.8 Å². The molecule has 0 unspecified atom stereocenters. The summed E-state index contributed by atoms with van der Waals surface area (Å²) in [5, 5.41) is 13.4. The molecule has 2 aromatic heterocycles. The van der Waals surface area contributed by atoms with Crippen LogP contribution < -0.4 is 16.3 Å². The molecule has 0 radical (unpaired) electrons. The van der Waals surface area contributed by atoms with E-state index in [9.17, 15) is 9.59 Å². The number of nitrogens with one attached hydrogen (secondary N) is 2. The number of urea groups is 1. The molecular formula is C19H22N6O3. The summed E-state index contributed by atoms with van der Waals surface area (Å²) < 4.78 is 6.95. The molecule has 0 spiro atoms. The SMILES string of the molecule is Cc1cc(C)n(CCNC(=O)Nc2cc(-c3nnc(C)o3)ccc2C)c(=O)n1. The van der Waals surface area contributed by atoms with Crippen LogP contribution in [0.5, 0.6) is 0 Å². The van der Waals surface area contributed by atoms with Gasteiger partial charge in [0.1, 0.15) is 0 Å². The van der Waals surface area contributed by atoms with Gasteiger partial charge in [-0.05, 0) is 44.5 Å². The van der Waals surface area contributed by atoms with Crippen molar-refractivity contribution in [2.24, 2.45) is 0 Å². The van der Waals surface area contributed by atoms with Crippen LogP contribution in [0.15, 0.2) is 33.5 Å². The third-order valence-corrected chi connectivity index (χ3v) is 4.23. The fraction of sp³-hybridized carbons (Fsp3) is 0.316. The number of carbonyl (C=O) groups is 1. The number of hydrogen-bond donors (Lipinski definition) is 2. The Labute approximate surface area is 161 Å². The Bertz CT molecular complexity index is 1070. The molecule has 3 rings (SSSR count). The van der Waals surface area contributed by atoms with Crippen LogP contribution in [0, 0.1) is 27.7 Å². The summed E-state index contributed by atoms with van der Waals surface area (Å²) in [5.41, 5.74) is 3.41. The zero-order valence-electron chi connectivity index (χ0n) is 16.2. The largest absolute Gasteiger partial charge is 0.421 e. The fourth-order valence-electron chi connectivity index (χ4n) is 2.80. The second-order valence-corrected chi connectivity index (χ2v) is 6.51. The summed E-state index contributed by atoms with van der Waals surface area (Å²) in [6.45, 7) is 7.85. The monoisotopic (exact) mass is 382 g/mol. The number of benzene rings is 1. The molecule has 146 valence electrons. The van der Waals surface area contributed by atoms with E-state index in [1.165, 1.54) is 4.57 Å². The maximum Gasteiger partial charge on any atom is 0.348 e. The Balaban J connectivity index is 1.63. The van der Waals surface area contributed by atoms with Gasteiger partial charge in [0, 0.05) is 42.7 Å². The summed E-state index contributed by atoms with van der Waals surface area (Å²) in [4.78, 5) is 28.1. The van der Waals surface area contributed by atoms with E-state index in [-0.39, 0.29) is 11.7 Å². The number of amides is 2. The lowest BCUT2D eigenvalue weighted by Crippen LogP contribution is -2.35. The van der Waals surface area contributed by atoms with Crippen molar-refractivity contribution in [2.75, 3.05) is 11.9 Å². The molecule has 0 bridgehead atoms. The summed E-state index contributed by atoms with van der Waals surface area (Å²) in [5.74, 6) is 0.863. The highest BCUT2D eigenvalue weighted by molar-refractivity contribution is 5.90. The lowest BCUT2D eigenvalue weighted by molar-refractivity contribution is 0.251. The van der Waals surface area contributed by atoms with Gasteiger partial charge in [-0.15, -0.1) is 10.2 Å². The number of rotatable bonds is 5. The average molecular weight is 382 g/mol. The third kappa shape index (κ3) is 4.43. The molecule has 0 saturated heterocycles. The maximum atomic E-state index is 12.3. The summed E-state index contributed by atoms with van der Waals surface area (Å²) >= 11 is 0. The Morgan fingerprint density at radius 1 is 1.14 bits per heavy atom. The lowest BCUT2D eigenvalue weighted by atomic mass is 10.1. The van der Waals surface area contributed by atoms with Gasteiger partial charge in [-0.25, -0.2) is 9.59 Å². The third-order valence-electron chi connectivity index (χ3n) is 4.23. The highest BCUT2D eigenvalue weighted by atomic mass is 16.4. The van der Waals surface area contributed by atoms with Crippen LogP contribution >= 0.6 is 0 Å². The van der Waals surface area contributed by atoms with E-state index < -0.39 is 0 Å². The predicted molar refractivity (Wildman–Crippen MR) is 104 cm³/mol. The number of aromatic nitrogens is 4. The molecule has 0 fully saturated rings. The van der Waals surface area contributed by atoms with Gasteiger partial charge in [-0.3, -0.25) is 4.57 Å². The van der Waals surface area contributed by atoms with Gasteiger partial charge in [-0.1, -0.05) is 6.07 Å². The van der Waals surface area contributed by atoms with Gasteiger partial charge < -0.3 is 15.1 Å². The van der Waals surface area contributed by atoms with Crippen molar-refractivity contribution in [3.63, 3.8) is 0 Å². The smallest absolute Gasteiger partial charge is 0.348 e. The zero-order chi connectivity index (χ0) is 20.3. The first-order valence-corrected chi connectivity index (χ1v) is 8.84. The van der Waals surface area contributed by atoms with E-state index >= 15 is 0 Å². The molecule has 3 aromatic rings. The van der Waals surface area contributed by atoms with Crippen LogP contribution in [-0.4, -0.2) is 32.3 Å². The van der Waals surface area contributed by atoms with E-state index in [1.54, 1.807) is 19.9 Å². The summed E-state index contributed by atoms with van der Waals surface area (Å²) in [6.07, 6.45) is 0. The van der Waals surface area contributed by atoms with E-state index in [0.717, 1.165) is 16.8 Å². The van der Waals surface area contributed by atoms with E-state index in [0.29, 0.717) is 36.3 Å². The van der Waals surface area contributed by atoms with Crippen molar-refractivity contribution in [1.29, 1.82) is 0 Å². The molecule has 0 aliphatic heterocycles. The van der Waals surface area contributed by atoms with Gasteiger partial charge in [0.25, 0.3) is 0 Å². The molecular weight excluding hydrogens is 360 g/mol. The highest BCUT2D eigenvalue weighted by Crippen LogP contribution is 2.24. The molecule has 28 heavy (non-hydrogen) atoms. The van der Waals surface area contributed by atoms with Gasteiger partial charge >= 0.3 is 11.7 Å². The van der Waals surface area contributed by atoms with Crippen LogP contribution in [-0.2, 0) is 6.54 Å². The van der Waals surface area contributed by atoms with E-state index in [1.807, 2.05) is 32.0 Å². The zero-order valence-corrected chi connectivity index (χ0v) is 16.2. The van der Waals surface area contributed by atoms with Crippen LogP contribution in [0.2, 0.25) is 0 Å². The van der Waals surface area contributed by atoms with Crippen molar-refractivity contribution in [1.82, 2.24) is 25.1 Å². The first-order valence-electron chi connectivity index (χ1n) is 8.84. The van der Waals surface area contributed by atoms with Crippen molar-refractivity contribution >= 4 is 11.7 Å². The minimum atomic E-state index is -0.368. The lowest BCUT2D eigenvalue weighted by Gasteiger charge is -2.12. The molecule has 0 aliphatic carbocycles. The van der Waals surface area contributed by atoms with Crippen LogP contribution in [0.25, 0.3) is 11.5 Å². The number of nitrogens with zero attached hydrogens (tertiary/aromatic N) is 4. The van der Waals surface area contributed by atoms with Crippen LogP contribution in [0.4, 0.5) is 10.5 Å². The molecule has 0 aliphatic rings. The molecule has 9 heteroatoms.